The van der Waals surface area contributed by atoms with Gasteiger partial charge in [-0.25, -0.2) is 0 Å². The van der Waals surface area contributed by atoms with Crippen LogP contribution in [0.5, 0.6) is 0 Å². The standard InChI is InChI=1S/C14H14.2C3H3P2.Zr/c1-3-7-13(8-4-1)11-12-14-9-5-2-6-10-14;2*1-2-4-5-3-1;/h1-10H,11-12H2;2*1-2,4H;. The Labute approximate surface area is 168 Å². The molecule has 0 amide bonds. The molecular weight excluding hydrogens is 455 g/mol. The molecule has 124 valence electrons. The molecule has 0 bridgehead atoms. The van der Waals surface area contributed by atoms with E-state index >= 15 is 0 Å². The van der Waals surface area contributed by atoms with Gasteiger partial charge in [0.1, 0.15) is 0 Å². The summed E-state index contributed by atoms with van der Waals surface area (Å²) in [6.45, 7) is 0. The molecule has 5 heteroatoms. The number of benzene rings is 2. The second kappa shape index (κ2) is 11.5. The normalized spacial score (nSPS) is 11.2. The predicted octanol–water partition coefficient (Wildman–Crippen LogP) is 6.41. The summed E-state index contributed by atoms with van der Waals surface area (Å²) in [5.41, 5.74) is 2.83. The summed E-state index contributed by atoms with van der Waals surface area (Å²) in [5, 5.41) is 0. The van der Waals surface area contributed by atoms with Crippen molar-refractivity contribution < 1.29 is 23.2 Å². The Kier molecular flexibility index (Phi) is 8.94. The zero-order valence-corrected chi connectivity index (χ0v) is 20.1. The summed E-state index contributed by atoms with van der Waals surface area (Å²) in [7, 11) is 5.40. The van der Waals surface area contributed by atoms with Crippen LogP contribution in [0.25, 0.3) is 0 Å². The van der Waals surface area contributed by atoms with Gasteiger partial charge in [-0.1, -0.05) is 60.7 Å². The van der Waals surface area contributed by atoms with Gasteiger partial charge in [-0.05, 0) is 24.0 Å². The van der Waals surface area contributed by atoms with Crippen molar-refractivity contribution in [1.82, 2.24) is 0 Å². The first kappa shape index (κ1) is 19.5. The SMILES string of the molecule is c1c[c]([Zr][c]2cc[pH]p2)p[pH]1.c1ccc(CCc2ccccc2)cc1. The van der Waals surface area contributed by atoms with Gasteiger partial charge in [-0.3, -0.25) is 0 Å². The molecule has 2 aromatic heterocycles. The zero-order chi connectivity index (χ0) is 17.2. The van der Waals surface area contributed by atoms with Crippen LogP contribution in [0.2, 0.25) is 0 Å². The van der Waals surface area contributed by atoms with E-state index in [4.69, 9.17) is 0 Å². The molecule has 4 rings (SSSR count). The second-order valence-electron chi connectivity index (χ2n) is 5.52. The van der Waals surface area contributed by atoms with Gasteiger partial charge in [0.25, 0.3) is 0 Å². The van der Waals surface area contributed by atoms with Crippen molar-refractivity contribution in [1.29, 1.82) is 0 Å². The molecule has 2 aromatic carbocycles. The summed E-state index contributed by atoms with van der Waals surface area (Å²) in [6, 6.07) is 26.0. The van der Waals surface area contributed by atoms with Gasteiger partial charge in [0.15, 0.2) is 0 Å². The summed E-state index contributed by atoms with van der Waals surface area (Å²) < 4.78 is 3.57. The van der Waals surface area contributed by atoms with Crippen molar-refractivity contribution in [2.24, 2.45) is 0 Å². The van der Waals surface area contributed by atoms with Gasteiger partial charge in [0.2, 0.25) is 0 Å². The second-order valence-corrected chi connectivity index (χ2v) is 16.3. The third-order valence-electron chi connectivity index (χ3n) is 3.65. The molecule has 2 unspecified atom stereocenters. The van der Waals surface area contributed by atoms with Crippen LogP contribution in [0, 0.1) is 0 Å². The zero-order valence-electron chi connectivity index (χ0n) is 13.9. The van der Waals surface area contributed by atoms with Crippen LogP contribution in [0.3, 0.4) is 0 Å². The first-order valence-electron chi connectivity index (χ1n) is 8.24. The van der Waals surface area contributed by atoms with Crippen LogP contribution in [-0.2, 0) is 36.1 Å². The fourth-order valence-corrected chi connectivity index (χ4v) is 16.0. The maximum Gasteiger partial charge on any atom is -0.0238 e. The molecule has 0 spiro atoms. The van der Waals surface area contributed by atoms with Crippen molar-refractivity contribution in [2.75, 3.05) is 0 Å². The van der Waals surface area contributed by atoms with Crippen LogP contribution in [0.1, 0.15) is 11.1 Å². The average Bonchev–Trinajstić information content (AvgIpc) is 3.37. The van der Waals surface area contributed by atoms with E-state index in [1.54, 1.807) is 21.7 Å². The summed E-state index contributed by atoms with van der Waals surface area (Å²) in [6.07, 6.45) is 2.26. The average molecular weight is 476 g/mol. The van der Waals surface area contributed by atoms with E-state index < -0.39 is 0 Å². The van der Waals surface area contributed by atoms with E-state index in [-0.39, 0.29) is 23.2 Å². The van der Waals surface area contributed by atoms with E-state index in [2.05, 4.69) is 84.4 Å². The maximum absolute atomic E-state index is 2.38. The molecule has 25 heavy (non-hydrogen) atoms. The van der Waals surface area contributed by atoms with Crippen molar-refractivity contribution in [3.8, 4) is 0 Å². The van der Waals surface area contributed by atoms with Crippen LogP contribution in [0.4, 0.5) is 0 Å². The number of rotatable bonds is 5. The largest absolute Gasteiger partial charge is 0.0622 e. The fourth-order valence-electron chi connectivity index (χ4n) is 2.37. The van der Waals surface area contributed by atoms with Crippen molar-refractivity contribution in [3.05, 3.63) is 95.5 Å². The number of hydrogen-bond donors (Lipinski definition) is 0. The number of aryl methyl sites for hydroxylation is 2. The Hall–Kier alpha value is -0.257. The van der Waals surface area contributed by atoms with E-state index in [0.717, 1.165) is 28.6 Å². The topological polar surface area (TPSA) is 0 Å². The molecule has 0 N–H and O–H groups in total. The quantitative estimate of drug-likeness (QED) is 0.313. The van der Waals surface area contributed by atoms with Gasteiger partial charge >= 0.3 is 84.4 Å². The summed E-state index contributed by atoms with van der Waals surface area (Å²) in [5.74, 6) is 4.69. The monoisotopic (exact) mass is 474 g/mol. The summed E-state index contributed by atoms with van der Waals surface area (Å²) >= 11 is -0.260. The van der Waals surface area contributed by atoms with Crippen molar-refractivity contribution in [2.45, 2.75) is 12.8 Å². The molecule has 0 saturated heterocycles. The molecular formula is C20H20P4Zr. The molecule has 0 radical (unpaired) electrons. The van der Waals surface area contributed by atoms with E-state index in [1.807, 2.05) is 0 Å². The van der Waals surface area contributed by atoms with E-state index in [1.165, 1.54) is 11.1 Å². The minimum Gasteiger partial charge on any atom is -0.0622 e. The van der Waals surface area contributed by atoms with E-state index in [9.17, 15) is 0 Å². The van der Waals surface area contributed by atoms with Crippen molar-refractivity contribution in [3.63, 3.8) is 0 Å². The fraction of sp³-hybridized carbons (Fsp3) is 0.100. The van der Waals surface area contributed by atoms with Crippen LogP contribution in [-0.4, -0.2) is 0 Å². The maximum atomic E-state index is 2.38. The Balaban J connectivity index is 0.000000150. The first-order valence-corrected chi connectivity index (χ1v) is 16.3. The Morgan fingerprint density at radius 3 is 1.40 bits per heavy atom. The smallest absolute Gasteiger partial charge is 0.0238 e. The van der Waals surface area contributed by atoms with Crippen LogP contribution in [0.15, 0.2) is 84.4 Å². The van der Waals surface area contributed by atoms with Gasteiger partial charge in [-0.2, -0.15) is 0 Å². The Morgan fingerprint density at radius 1 is 0.600 bits per heavy atom. The van der Waals surface area contributed by atoms with Gasteiger partial charge in [-0.15, -0.1) is 0 Å². The van der Waals surface area contributed by atoms with E-state index in [0.29, 0.717) is 0 Å². The van der Waals surface area contributed by atoms with Gasteiger partial charge < -0.3 is 0 Å². The summed E-state index contributed by atoms with van der Waals surface area (Å²) in [4.78, 5) is 0. The van der Waals surface area contributed by atoms with Crippen LogP contribution < -0.4 is 6.01 Å². The molecule has 0 aliphatic heterocycles. The molecule has 2 heterocycles. The Morgan fingerprint density at radius 2 is 1.04 bits per heavy atom. The molecule has 0 aliphatic carbocycles. The van der Waals surface area contributed by atoms with Crippen molar-refractivity contribution >= 4 is 37.5 Å². The van der Waals surface area contributed by atoms with Crippen LogP contribution >= 0.6 is 31.5 Å². The Bertz CT molecular complexity index is 741. The predicted molar refractivity (Wildman–Crippen MR) is 116 cm³/mol. The molecule has 0 saturated carbocycles. The number of hydrogen-bond acceptors (Lipinski definition) is 0. The first-order chi connectivity index (χ1) is 12.4. The minimum atomic E-state index is -0.260. The molecule has 4 aromatic rings. The molecule has 0 aliphatic rings. The molecule has 0 fully saturated rings. The van der Waals surface area contributed by atoms with Gasteiger partial charge in [0, 0.05) is 0 Å². The minimum absolute atomic E-state index is 0.260. The molecule has 2 atom stereocenters. The molecule has 0 nitrogen and oxygen atoms in total. The van der Waals surface area contributed by atoms with Gasteiger partial charge in [0.05, 0.1) is 0 Å². The third-order valence-corrected chi connectivity index (χ3v) is 16.8. The third kappa shape index (κ3) is 7.48.